The smallest absolute Gasteiger partial charge is 0.410 e. The van der Waals surface area contributed by atoms with Gasteiger partial charge in [-0.05, 0) is 52.2 Å². The average Bonchev–Trinajstić information content (AvgIpc) is 3.09. The highest BCUT2D eigenvalue weighted by molar-refractivity contribution is 7.14. The minimum atomic E-state index is -0.599. The zero-order valence-corrected chi connectivity index (χ0v) is 17.8. The van der Waals surface area contributed by atoms with Crippen LogP contribution in [0.4, 0.5) is 9.93 Å². The van der Waals surface area contributed by atoms with Crippen LogP contribution < -0.4 is 5.32 Å². The largest absolute Gasteiger partial charge is 0.444 e. The predicted molar refractivity (Wildman–Crippen MR) is 112 cm³/mol. The van der Waals surface area contributed by atoms with Crippen molar-refractivity contribution in [3.63, 3.8) is 0 Å². The van der Waals surface area contributed by atoms with Crippen molar-refractivity contribution in [1.29, 1.82) is 0 Å². The zero-order chi connectivity index (χ0) is 20.3. The van der Waals surface area contributed by atoms with E-state index in [1.54, 1.807) is 12.1 Å². The number of benzene rings is 1. The predicted octanol–water partition coefficient (Wildman–Crippen LogP) is 5.19. The Morgan fingerprint density at radius 1 is 1.25 bits per heavy atom. The lowest BCUT2D eigenvalue weighted by molar-refractivity contribution is -0.122. The molecule has 1 atom stereocenters. The molecule has 1 aromatic carbocycles. The van der Waals surface area contributed by atoms with Crippen molar-refractivity contribution in [1.82, 2.24) is 9.88 Å². The summed E-state index contributed by atoms with van der Waals surface area (Å²) in [4.78, 5) is 31.3. The second kappa shape index (κ2) is 8.49. The van der Waals surface area contributed by atoms with Crippen molar-refractivity contribution in [3.8, 4) is 11.3 Å². The Morgan fingerprint density at radius 2 is 1.96 bits per heavy atom. The first-order valence-electron chi connectivity index (χ1n) is 9.25. The summed E-state index contributed by atoms with van der Waals surface area (Å²) < 4.78 is 5.46. The van der Waals surface area contributed by atoms with E-state index < -0.39 is 17.7 Å². The second-order valence-corrected chi connectivity index (χ2v) is 9.01. The number of thiazole rings is 1. The van der Waals surface area contributed by atoms with Crippen LogP contribution in [0.2, 0.25) is 5.02 Å². The molecule has 1 saturated heterocycles. The lowest BCUT2D eigenvalue weighted by atomic mass is 10.0. The molecule has 8 heteroatoms. The molecule has 1 unspecified atom stereocenters. The third kappa shape index (κ3) is 5.23. The molecule has 0 bridgehead atoms. The van der Waals surface area contributed by atoms with Crippen LogP contribution in [0, 0.1) is 0 Å². The third-order valence-electron chi connectivity index (χ3n) is 4.31. The first-order chi connectivity index (χ1) is 13.2. The van der Waals surface area contributed by atoms with E-state index in [-0.39, 0.29) is 5.91 Å². The number of aromatic nitrogens is 1. The number of likely N-dealkylation sites (tertiary alicyclic amines) is 1. The quantitative estimate of drug-likeness (QED) is 0.740. The van der Waals surface area contributed by atoms with Gasteiger partial charge in [-0.15, -0.1) is 11.3 Å². The Balaban J connectivity index is 1.69. The Morgan fingerprint density at radius 3 is 2.64 bits per heavy atom. The molecule has 1 aliphatic rings. The van der Waals surface area contributed by atoms with Crippen LogP contribution in [0.25, 0.3) is 11.3 Å². The molecular formula is C20H24ClN3O3S. The standard InChI is InChI=1S/C20H24ClN3O3S/c1-20(2,3)27-19(26)24-11-5-4-6-16(24)17(25)23-18-22-15(12-28-18)13-7-9-14(21)10-8-13/h7-10,12,16H,4-6,11H2,1-3H3,(H,22,23,25). The number of anilines is 1. The van der Waals surface area contributed by atoms with Crippen molar-refractivity contribution in [3.05, 3.63) is 34.7 Å². The first-order valence-corrected chi connectivity index (χ1v) is 10.5. The van der Waals surface area contributed by atoms with Gasteiger partial charge in [-0.3, -0.25) is 9.69 Å². The molecule has 0 aliphatic carbocycles. The summed E-state index contributed by atoms with van der Waals surface area (Å²) in [6.45, 7) is 5.97. The molecule has 2 aromatic rings. The number of ether oxygens (including phenoxy) is 1. The summed E-state index contributed by atoms with van der Waals surface area (Å²) in [6.07, 6.45) is 1.92. The molecule has 2 amide bonds. The van der Waals surface area contributed by atoms with Gasteiger partial charge in [0.2, 0.25) is 5.91 Å². The summed E-state index contributed by atoms with van der Waals surface area (Å²) in [5, 5.41) is 5.90. The van der Waals surface area contributed by atoms with E-state index >= 15 is 0 Å². The number of carbonyl (C=O) groups is 2. The number of amides is 2. The molecule has 1 fully saturated rings. The van der Waals surface area contributed by atoms with Gasteiger partial charge >= 0.3 is 6.09 Å². The molecule has 2 heterocycles. The molecule has 1 N–H and O–H groups in total. The minimum absolute atomic E-state index is 0.234. The van der Waals surface area contributed by atoms with Gasteiger partial charge in [0.15, 0.2) is 5.13 Å². The van der Waals surface area contributed by atoms with Crippen molar-refractivity contribution in [2.75, 3.05) is 11.9 Å². The van der Waals surface area contributed by atoms with E-state index in [0.717, 1.165) is 24.1 Å². The van der Waals surface area contributed by atoms with E-state index in [9.17, 15) is 9.59 Å². The zero-order valence-electron chi connectivity index (χ0n) is 16.2. The normalized spacial score (nSPS) is 17.3. The number of nitrogens with zero attached hydrogens (tertiary/aromatic N) is 2. The maximum atomic E-state index is 12.8. The summed E-state index contributed by atoms with van der Waals surface area (Å²) in [6, 6.07) is 6.82. The van der Waals surface area contributed by atoms with Crippen molar-refractivity contribution in [2.24, 2.45) is 0 Å². The minimum Gasteiger partial charge on any atom is -0.444 e. The first kappa shape index (κ1) is 20.6. The Hall–Kier alpha value is -2.12. The van der Waals surface area contributed by atoms with E-state index in [1.807, 2.05) is 38.3 Å². The molecule has 0 saturated carbocycles. The summed E-state index contributed by atoms with van der Waals surface area (Å²) in [5.74, 6) is -0.234. The number of nitrogens with one attached hydrogen (secondary N) is 1. The number of hydrogen-bond donors (Lipinski definition) is 1. The van der Waals surface area contributed by atoms with Gasteiger partial charge < -0.3 is 10.1 Å². The molecule has 6 nitrogen and oxygen atoms in total. The maximum absolute atomic E-state index is 12.8. The Bertz CT molecular complexity index is 845. The fraction of sp³-hybridized carbons (Fsp3) is 0.450. The van der Waals surface area contributed by atoms with Crippen LogP contribution in [0.1, 0.15) is 40.0 Å². The Labute approximate surface area is 173 Å². The fourth-order valence-corrected chi connectivity index (χ4v) is 3.86. The molecular weight excluding hydrogens is 398 g/mol. The van der Waals surface area contributed by atoms with Gasteiger partial charge in [-0.2, -0.15) is 0 Å². The molecule has 28 heavy (non-hydrogen) atoms. The van der Waals surface area contributed by atoms with E-state index in [2.05, 4.69) is 10.3 Å². The van der Waals surface area contributed by atoms with Crippen LogP contribution in [0.5, 0.6) is 0 Å². The van der Waals surface area contributed by atoms with Gasteiger partial charge in [0.25, 0.3) is 0 Å². The van der Waals surface area contributed by atoms with Crippen LogP contribution in [0.15, 0.2) is 29.6 Å². The molecule has 0 radical (unpaired) electrons. The number of piperidine rings is 1. The number of hydrogen-bond acceptors (Lipinski definition) is 5. The molecule has 0 spiro atoms. The maximum Gasteiger partial charge on any atom is 0.410 e. The van der Waals surface area contributed by atoms with Gasteiger partial charge in [-0.25, -0.2) is 9.78 Å². The number of carbonyl (C=O) groups excluding carboxylic acids is 2. The molecule has 3 rings (SSSR count). The lowest BCUT2D eigenvalue weighted by Gasteiger charge is -2.35. The average molecular weight is 422 g/mol. The SMILES string of the molecule is CC(C)(C)OC(=O)N1CCCCC1C(=O)Nc1nc(-c2ccc(Cl)cc2)cs1. The van der Waals surface area contributed by atoms with E-state index in [0.29, 0.717) is 23.1 Å². The summed E-state index contributed by atoms with van der Waals surface area (Å²) in [7, 11) is 0. The highest BCUT2D eigenvalue weighted by Crippen LogP contribution is 2.27. The van der Waals surface area contributed by atoms with Gasteiger partial charge in [0.05, 0.1) is 5.69 Å². The highest BCUT2D eigenvalue weighted by Gasteiger charge is 2.35. The number of halogens is 1. The monoisotopic (exact) mass is 421 g/mol. The van der Waals surface area contributed by atoms with Gasteiger partial charge in [0, 0.05) is 22.5 Å². The van der Waals surface area contributed by atoms with Crippen molar-refractivity contribution < 1.29 is 14.3 Å². The van der Waals surface area contributed by atoms with Gasteiger partial charge in [-0.1, -0.05) is 23.7 Å². The third-order valence-corrected chi connectivity index (χ3v) is 5.32. The topological polar surface area (TPSA) is 71.5 Å². The number of rotatable bonds is 3. The van der Waals surface area contributed by atoms with Gasteiger partial charge in [0.1, 0.15) is 11.6 Å². The van der Waals surface area contributed by atoms with Crippen LogP contribution in [-0.2, 0) is 9.53 Å². The van der Waals surface area contributed by atoms with Crippen LogP contribution in [0.3, 0.4) is 0 Å². The Kier molecular flexibility index (Phi) is 6.25. The van der Waals surface area contributed by atoms with Crippen LogP contribution in [-0.4, -0.2) is 40.1 Å². The van der Waals surface area contributed by atoms with E-state index in [1.165, 1.54) is 16.2 Å². The fourth-order valence-electron chi connectivity index (χ4n) is 3.02. The summed E-state index contributed by atoms with van der Waals surface area (Å²) >= 11 is 7.27. The molecule has 1 aliphatic heterocycles. The molecule has 1 aromatic heterocycles. The highest BCUT2D eigenvalue weighted by atomic mass is 35.5. The van der Waals surface area contributed by atoms with Crippen molar-refractivity contribution >= 4 is 40.1 Å². The van der Waals surface area contributed by atoms with Crippen LogP contribution >= 0.6 is 22.9 Å². The summed E-state index contributed by atoms with van der Waals surface area (Å²) in [5.41, 5.74) is 1.09. The molecule has 150 valence electrons. The second-order valence-electron chi connectivity index (χ2n) is 7.72. The lowest BCUT2D eigenvalue weighted by Crippen LogP contribution is -2.51. The van der Waals surface area contributed by atoms with Crippen molar-refractivity contribution in [2.45, 2.75) is 51.7 Å². The van der Waals surface area contributed by atoms with E-state index in [4.69, 9.17) is 16.3 Å².